The fraction of sp³-hybridized carbons (Fsp3) is 0.500. The van der Waals surface area contributed by atoms with E-state index >= 15 is 0 Å². The number of benzene rings is 1. The maximum atomic E-state index is 12.8. The fourth-order valence-electron chi connectivity index (χ4n) is 2.49. The number of ether oxygens (including phenoxy) is 1. The fourth-order valence-corrected chi connectivity index (χ4v) is 2.49. The van der Waals surface area contributed by atoms with Crippen molar-refractivity contribution < 1.29 is 23.8 Å². The number of cyclic esters (lactones) is 1. The third-order valence-electron chi connectivity index (χ3n) is 4.43. The third-order valence-corrected chi connectivity index (χ3v) is 4.43. The molecule has 2 unspecified atom stereocenters. The predicted octanol–water partition coefficient (Wildman–Crippen LogP) is 2.48. The number of carbonyl (C=O) groups excluding carboxylic acids is 2. The molecule has 7 heteroatoms. The molecule has 2 N–H and O–H groups in total. The summed E-state index contributed by atoms with van der Waals surface area (Å²) >= 11 is 0. The van der Waals surface area contributed by atoms with Crippen LogP contribution in [0.1, 0.15) is 33.6 Å². The minimum Gasteiger partial charge on any atom is -0.438 e. The Kier molecular flexibility index (Phi) is 4.61. The zero-order valence-corrected chi connectivity index (χ0v) is 13.4. The zero-order valence-electron chi connectivity index (χ0n) is 13.4. The molecule has 126 valence electrons. The highest BCUT2D eigenvalue weighted by molar-refractivity contribution is 5.91. The first kappa shape index (κ1) is 17.2. The summed E-state index contributed by atoms with van der Waals surface area (Å²) in [4.78, 5) is 25.0. The van der Waals surface area contributed by atoms with Crippen LogP contribution < -0.4 is 5.32 Å². The summed E-state index contributed by atoms with van der Waals surface area (Å²) in [6.45, 7) is 4.99. The molecule has 0 aromatic heterocycles. The number of anilines is 1. The summed E-state index contributed by atoms with van der Waals surface area (Å²) in [6, 6.07) is 5.37. The lowest BCUT2D eigenvalue weighted by Gasteiger charge is -2.36. The number of hydrogen-bond acceptors (Lipinski definition) is 4. The molecule has 1 heterocycles. The van der Waals surface area contributed by atoms with E-state index in [9.17, 15) is 19.1 Å². The van der Waals surface area contributed by atoms with Gasteiger partial charge < -0.3 is 15.2 Å². The van der Waals surface area contributed by atoms with E-state index in [2.05, 4.69) is 5.32 Å². The van der Waals surface area contributed by atoms with Crippen molar-refractivity contribution in [3.05, 3.63) is 30.1 Å². The van der Waals surface area contributed by atoms with Crippen molar-refractivity contribution in [1.82, 2.24) is 4.90 Å². The number of nitrogens with zero attached hydrogens (tertiary/aromatic N) is 1. The van der Waals surface area contributed by atoms with Crippen molar-refractivity contribution in [2.75, 3.05) is 11.9 Å². The molecule has 1 aromatic carbocycles. The molecule has 1 aliphatic heterocycles. The normalized spacial score (nSPS) is 27.0. The van der Waals surface area contributed by atoms with Crippen LogP contribution in [0.5, 0.6) is 0 Å². The molecule has 1 aliphatic rings. The number of rotatable bonds is 5. The van der Waals surface area contributed by atoms with E-state index in [0.29, 0.717) is 12.1 Å². The summed E-state index contributed by atoms with van der Waals surface area (Å²) < 4.78 is 18.1. The van der Waals surface area contributed by atoms with E-state index in [1.807, 2.05) is 6.92 Å². The Labute approximate surface area is 134 Å². The molecule has 2 amide bonds. The molecule has 0 spiro atoms. The Morgan fingerprint density at radius 3 is 2.48 bits per heavy atom. The van der Waals surface area contributed by atoms with Gasteiger partial charge in [0.25, 0.3) is 0 Å². The molecule has 0 aliphatic carbocycles. The highest BCUT2D eigenvalue weighted by Crippen LogP contribution is 2.39. The van der Waals surface area contributed by atoms with Gasteiger partial charge in [0.05, 0.1) is 0 Å². The third kappa shape index (κ3) is 3.29. The SMILES string of the molecule is CCC1(C)OC(=O)N(CCC(=O)Nc2ccc(F)cc2)C1(C)O. The van der Waals surface area contributed by atoms with Crippen molar-refractivity contribution >= 4 is 17.7 Å². The largest absolute Gasteiger partial charge is 0.438 e. The first-order valence-corrected chi connectivity index (χ1v) is 7.48. The van der Waals surface area contributed by atoms with Gasteiger partial charge in [-0.3, -0.25) is 9.69 Å². The van der Waals surface area contributed by atoms with E-state index in [1.54, 1.807) is 6.92 Å². The molecule has 23 heavy (non-hydrogen) atoms. The standard InChI is InChI=1S/C16H21FN2O4/c1-4-15(2)16(3,22)19(14(21)23-15)10-9-13(20)18-12-7-5-11(17)6-8-12/h5-8,22H,4,9-10H2,1-3H3,(H,18,20). The van der Waals surface area contributed by atoms with Crippen LogP contribution in [0.4, 0.5) is 14.9 Å². The minimum atomic E-state index is -1.49. The van der Waals surface area contributed by atoms with Gasteiger partial charge in [0, 0.05) is 18.7 Å². The Hall–Kier alpha value is -2.15. The van der Waals surface area contributed by atoms with E-state index < -0.39 is 23.2 Å². The van der Waals surface area contributed by atoms with Crippen LogP contribution >= 0.6 is 0 Å². The maximum Gasteiger partial charge on any atom is 0.412 e. The van der Waals surface area contributed by atoms with Gasteiger partial charge in [0.15, 0.2) is 11.3 Å². The van der Waals surface area contributed by atoms with Gasteiger partial charge >= 0.3 is 6.09 Å². The van der Waals surface area contributed by atoms with Crippen LogP contribution in [-0.4, -0.2) is 39.9 Å². The Balaban J connectivity index is 1.96. The molecule has 1 fully saturated rings. The van der Waals surface area contributed by atoms with Crippen LogP contribution in [0.15, 0.2) is 24.3 Å². The molecule has 6 nitrogen and oxygen atoms in total. The van der Waals surface area contributed by atoms with Crippen LogP contribution in [0.2, 0.25) is 0 Å². The van der Waals surface area contributed by atoms with Gasteiger partial charge in [0.2, 0.25) is 5.91 Å². The summed E-state index contributed by atoms with van der Waals surface area (Å²) in [7, 11) is 0. The molecule has 0 bridgehead atoms. The zero-order chi connectivity index (χ0) is 17.3. The van der Waals surface area contributed by atoms with Gasteiger partial charge in [-0.2, -0.15) is 0 Å². The van der Waals surface area contributed by atoms with Crippen LogP contribution in [0.25, 0.3) is 0 Å². The van der Waals surface area contributed by atoms with Crippen molar-refractivity contribution in [2.45, 2.75) is 44.9 Å². The average molecular weight is 324 g/mol. The van der Waals surface area contributed by atoms with Crippen LogP contribution in [0, 0.1) is 5.82 Å². The second kappa shape index (κ2) is 6.16. The smallest absolute Gasteiger partial charge is 0.412 e. The summed E-state index contributed by atoms with van der Waals surface area (Å²) in [6.07, 6.45) is -0.208. The van der Waals surface area contributed by atoms with Gasteiger partial charge in [-0.25, -0.2) is 9.18 Å². The summed E-state index contributed by atoms with van der Waals surface area (Å²) in [5, 5.41) is 13.2. The number of carbonyl (C=O) groups is 2. The average Bonchev–Trinajstić information content (AvgIpc) is 2.65. The van der Waals surface area contributed by atoms with Gasteiger partial charge in [-0.05, 0) is 44.5 Å². The first-order valence-electron chi connectivity index (χ1n) is 7.48. The van der Waals surface area contributed by atoms with Gasteiger partial charge in [-0.15, -0.1) is 0 Å². The monoisotopic (exact) mass is 324 g/mol. The number of hydrogen-bond donors (Lipinski definition) is 2. The highest BCUT2D eigenvalue weighted by Gasteiger charge is 2.58. The van der Waals surface area contributed by atoms with Crippen LogP contribution in [0.3, 0.4) is 0 Å². The van der Waals surface area contributed by atoms with Crippen molar-refractivity contribution in [2.24, 2.45) is 0 Å². The number of halogens is 1. The van der Waals surface area contributed by atoms with Crippen molar-refractivity contribution in [3.63, 3.8) is 0 Å². The van der Waals surface area contributed by atoms with E-state index in [0.717, 1.165) is 4.90 Å². The Bertz CT molecular complexity index is 603. The maximum absolute atomic E-state index is 12.8. The van der Waals surface area contributed by atoms with E-state index in [4.69, 9.17) is 4.74 Å². The molecule has 2 rings (SSSR count). The molecule has 0 radical (unpaired) electrons. The van der Waals surface area contributed by atoms with Gasteiger partial charge in [-0.1, -0.05) is 6.92 Å². The Morgan fingerprint density at radius 1 is 1.35 bits per heavy atom. The lowest BCUT2D eigenvalue weighted by Crippen LogP contribution is -2.55. The topological polar surface area (TPSA) is 78.9 Å². The second-order valence-electron chi connectivity index (χ2n) is 5.93. The first-order chi connectivity index (χ1) is 10.7. The minimum absolute atomic E-state index is 0.0115. The number of amides is 2. The van der Waals surface area contributed by atoms with Crippen LogP contribution in [-0.2, 0) is 9.53 Å². The molecule has 1 aromatic rings. The van der Waals surface area contributed by atoms with Gasteiger partial charge in [0.1, 0.15) is 5.82 Å². The summed E-state index contributed by atoms with van der Waals surface area (Å²) in [5.41, 5.74) is -2.04. The molecule has 0 saturated carbocycles. The quantitative estimate of drug-likeness (QED) is 0.872. The number of nitrogens with one attached hydrogen (secondary N) is 1. The molecular formula is C16H21FN2O4. The molecular weight excluding hydrogens is 303 g/mol. The second-order valence-corrected chi connectivity index (χ2v) is 5.93. The van der Waals surface area contributed by atoms with Crippen molar-refractivity contribution in [1.29, 1.82) is 0 Å². The van der Waals surface area contributed by atoms with E-state index in [-0.39, 0.29) is 18.9 Å². The summed E-state index contributed by atoms with van der Waals surface area (Å²) in [5.74, 6) is -0.733. The molecule has 1 saturated heterocycles. The van der Waals surface area contributed by atoms with E-state index in [1.165, 1.54) is 31.2 Å². The lowest BCUT2D eigenvalue weighted by atomic mass is 9.91. The predicted molar refractivity (Wildman–Crippen MR) is 82.2 cm³/mol. The van der Waals surface area contributed by atoms with Crippen molar-refractivity contribution in [3.8, 4) is 0 Å². The number of aliphatic hydroxyl groups is 1. The Morgan fingerprint density at radius 2 is 1.96 bits per heavy atom. The lowest BCUT2D eigenvalue weighted by molar-refractivity contribution is -0.139. The highest BCUT2D eigenvalue weighted by atomic mass is 19.1. The molecule has 2 atom stereocenters.